The maximum Gasteiger partial charge on any atom is 0.106 e. The summed E-state index contributed by atoms with van der Waals surface area (Å²) in [5, 5.41) is 10.4. The molecule has 0 aliphatic carbocycles. The molecule has 0 radical (unpaired) electrons. The highest BCUT2D eigenvalue weighted by Gasteiger charge is 2.13. The Morgan fingerprint density at radius 1 is 1.06 bits per heavy atom. The van der Waals surface area contributed by atoms with E-state index in [9.17, 15) is 5.11 Å². The van der Waals surface area contributed by atoms with Gasteiger partial charge in [-0.15, -0.1) is 0 Å². The van der Waals surface area contributed by atoms with E-state index in [1.165, 1.54) is 11.1 Å². The number of aliphatic hydroxyl groups is 1. The van der Waals surface area contributed by atoms with Crippen molar-refractivity contribution in [1.29, 1.82) is 0 Å². The third-order valence-electron chi connectivity index (χ3n) is 2.93. The summed E-state index contributed by atoms with van der Waals surface area (Å²) in [6.07, 6.45) is 2.88. The van der Waals surface area contributed by atoms with E-state index < -0.39 is 6.10 Å². The highest BCUT2D eigenvalue weighted by molar-refractivity contribution is 5.37. The molecule has 0 aliphatic rings. The number of rotatable bonds is 2. The van der Waals surface area contributed by atoms with E-state index in [0.717, 1.165) is 16.7 Å². The molecule has 1 aromatic carbocycles. The van der Waals surface area contributed by atoms with Crippen LogP contribution in [0.5, 0.6) is 0 Å². The van der Waals surface area contributed by atoms with Crippen LogP contribution >= 0.6 is 0 Å². The monoisotopic (exact) mass is 227 g/mol. The molecule has 1 aromatic heterocycles. The van der Waals surface area contributed by atoms with E-state index in [2.05, 4.69) is 11.1 Å². The molecule has 0 spiro atoms. The zero-order chi connectivity index (χ0) is 12.4. The minimum atomic E-state index is -0.595. The Hall–Kier alpha value is -1.67. The third-order valence-corrected chi connectivity index (χ3v) is 2.93. The van der Waals surface area contributed by atoms with Crippen LogP contribution in [-0.2, 0) is 0 Å². The molecule has 1 N–H and O–H groups in total. The predicted octanol–water partition coefficient (Wildman–Crippen LogP) is 3.09. The fraction of sp³-hybridized carbons (Fsp3) is 0.267. The van der Waals surface area contributed by atoms with Crippen molar-refractivity contribution in [2.24, 2.45) is 0 Å². The predicted molar refractivity (Wildman–Crippen MR) is 69.0 cm³/mol. The number of aryl methyl sites for hydroxylation is 3. The number of pyridine rings is 1. The summed E-state index contributed by atoms with van der Waals surface area (Å²) < 4.78 is 0. The first kappa shape index (κ1) is 11.8. The van der Waals surface area contributed by atoms with Gasteiger partial charge in [0.15, 0.2) is 0 Å². The van der Waals surface area contributed by atoms with Gasteiger partial charge in [-0.3, -0.25) is 4.98 Å². The zero-order valence-electron chi connectivity index (χ0n) is 10.4. The summed E-state index contributed by atoms with van der Waals surface area (Å²) in [7, 11) is 0. The number of aliphatic hydroxyl groups excluding tert-OH is 1. The quantitative estimate of drug-likeness (QED) is 0.855. The first-order valence-electron chi connectivity index (χ1n) is 5.74. The number of hydrogen-bond acceptors (Lipinski definition) is 2. The highest BCUT2D eigenvalue weighted by Crippen LogP contribution is 2.25. The van der Waals surface area contributed by atoms with Crippen molar-refractivity contribution >= 4 is 0 Å². The second-order valence-corrected chi connectivity index (χ2v) is 4.56. The van der Waals surface area contributed by atoms with Crippen molar-refractivity contribution in [2.75, 3.05) is 0 Å². The van der Waals surface area contributed by atoms with E-state index in [0.29, 0.717) is 0 Å². The summed E-state index contributed by atoms with van der Waals surface area (Å²) in [4.78, 5) is 4.08. The third kappa shape index (κ3) is 2.53. The molecule has 1 unspecified atom stereocenters. The molecular formula is C15H17NO. The topological polar surface area (TPSA) is 33.1 Å². The van der Waals surface area contributed by atoms with Crippen LogP contribution in [0.3, 0.4) is 0 Å². The van der Waals surface area contributed by atoms with Crippen LogP contribution in [0.15, 0.2) is 36.7 Å². The van der Waals surface area contributed by atoms with E-state index in [1.807, 2.05) is 39.0 Å². The Kier molecular flexibility index (Phi) is 3.25. The number of benzene rings is 1. The van der Waals surface area contributed by atoms with Crippen molar-refractivity contribution < 1.29 is 5.11 Å². The smallest absolute Gasteiger partial charge is 0.106 e. The average molecular weight is 227 g/mol. The highest BCUT2D eigenvalue weighted by atomic mass is 16.3. The lowest BCUT2D eigenvalue weighted by atomic mass is 9.97. The van der Waals surface area contributed by atoms with Crippen LogP contribution in [0.4, 0.5) is 0 Å². The second kappa shape index (κ2) is 4.68. The van der Waals surface area contributed by atoms with E-state index >= 15 is 0 Å². The molecule has 17 heavy (non-hydrogen) atoms. The summed E-state index contributed by atoms with van der Waals surface area (Å²) in [5.41, 5.74) is 5.20. The number of hydrogen-bond donors (Lipinski definition) is 1. The Labute approximate surface area is 102 Å². The average Bonchev–Trinajstić information content (AvgIpc) is 2.27. The molecule has 0 saturated carbocycles. The molecule has 2 heteroatoms. The van der Waals surface area contributed by atoms with Gasteiger partial charge in [0.1, 0.15) is 6.10 Å². The lowest BCUT2D eigenvalue weighted by Gasteiger charge is -2.14. The summed E-state index contributed by atoms with van der Waals surface area (Å²) >= 11 is 0. The van der Waals surface area contributed by atoms with Crippen LogP contribution < -0.4 is 0 Å². The Balaban J connectivity index is 2.43. The Morgan fingerprint density at radius 3 is 2.29 bits per heavy atom. The zero-order valence-corrected chi connectivity index (χ0v) is 10.4. The Bertz CT molecular complexity index is 514. The van der Waals surface area contributed by atoms with E-state index in [1.54, 1.807) is 12.4 Å². The molecule has 2 rings (SSSR count). The van der Waals surface area contributed by atoms with E-state index in [-0.39, 0.29) is 0 Å². The number of nitrogens with zero attached hydrogens (tertiary/aromatic N) is 1. The maximum atomic E-state index is 10.4. The SMILES string of the molecule is Cc1cc(C)cc(C(O)c2cnccc2C)c1. The van der Waals surface area contributed by atoms with Crippen LogP contribution in [0.2, 0.25) is 0 Å². The van der Waals surface area contributed by atoms with Crippen LogP contribution in [-0.4, -0.2) is 10.1 Å². The van der Waals surface area contributed by atoms with Crippen molar-refractivity contribution in [2.45, 2.75) is 26.9 Å². The molecule has 2 aromatic rings. The van der Waals surface area contributed by atoms with Gasteiger partial charge < -0.3 is 5.11 Å². The molecule has 88 valence electrons. The minimum absolute atomic E-state index is 0.595. The number of aromatic nitrogens is 1. The lowest BCUT2D eigenvalue weighted by molar-refractivity contribution is 0.219. The summed E-state index contributed by atoms with van der Waals surface area (Å²) in [6, 6.07) is 8.06. The lowest BCUT2D eigenvalue weighted by Crippen LogP contribution is -2.03. The van der Waals surface area contributed by atoms with Crippen molar-refractivity contribution in [3.63, 3.8) is 0 Å². The fourth-order valence-corrected chi connectivity index (χ4v) is 2.11. The maximum absolute atomic E-state index is 10.4. The van der Waals surface area contributed by atoms with Gasteiger partial charge in [0.25, 0.3) is 0 Å². The van der Waals surface area contributed by atoms with Gasteiger partial charge in [-0.1, -0.05) is 29.3 Å². The van der Waals surface area contributed by atoms with Crippen LogP contribution in [0, 0.1) is 20.8 Å². The molecule has 0 aliphatic heterocycles. The summed E-state index contributed by atoms with van der Waals surface area (Å²) in [5.74, 6) is 0. The van der Waals surface area contributed by atoms with Crippen molar-refractivity contribution in [3.8, 4) is 0 Å². The molecule has 1 heterocycles. The first-order valence-corrected chi connectivity index (χ1v) is 5.74. The first-order chi connectivity index (χ1) is 8.08. The molecule has 0 fully saturated rings. The van der Waals surface area contributed by atoms with Crippen molar-refractivity contribution in [3.05, 3.63) is 64.5 Å². The molecule has 0 bridgehead atoms. The van der Waals surface area contributed by atoms with Gasteiger partial charge in [0.05, 0.1) is 0 Å². The van der Waals surface area contributed by atoms with Gasteiger partial charge >= 0.3 is 0 Å². The normalized spacial score (nSPS) is 12.5. The van der Waals surface area contributed by atoms with Gasteiger partial charge in [0.2, 0.25) is 0 Å². The second-order valence-electron chi connectivity index (χ2n) is 4.56. The molecular weight excluding hydrogens is 210 g/mol. The molecule has 0 amide bonds. The van der Waals surface area contributed by atoms with Crippen molar-refractivity contribution in [1.82, 2.24) is 4.98 Å². The van der Waals surface area contributed by atoms with Gasteiger partial charge in [0, 0.05) is 18.0 Å². The Morgan fingerprint density at radius 2 is 1.71 bits per heavy atom. The van der Waals surface area contributed by atoms with Gasteiger partial charge in [-0.2, -0.15) is 0 Å². The van der Waals surface area contributed by atoms with Gasteiger partial charge in [-0.25, -0.2) is 0 Å². The van der Waals surface area contributed by atoms with Crippen LogP contribution in [0.25, 0.3) is 0 Å². The molecule has 0 saturated heterocycles. The van der Waals surface area contributed by atoms with Gasteiger partial charge in [-0.05, 0) is 38.0 Å². The molecule has 2 nitrogen and oxygen atoms in total. The fourth-order valence-electron chi connectivity index (χ4n) is 2.11. The standard InChI is InChI=1S/C15H17NO/c1-10-6-11(2)8-13(7-10)15(17)14-9-16-5-4-12(14)3/h4-9,15,17H,1-3H3. The van der Waals surface area contributed by atoms with Crippen LogP contribution in [0.1, 0.15) is 33.9 Å². The summed E-state index contributed by atoms with van der Waals surface area (Å²) in [6.45, 7) is 6.07. The largest absolute Gasteiger partial charge is 0.384 e. The van der Waals surface area contributed by atoms with E-state index in [4.69, 9.17) is 0 Å². The molecule has 1 atom stereocenters. The minimum Gasteiger partial charge on any atom is -0.384 e.